The van der Waals surface area contributed by atoms with Crippen molar-refractivity contribution in [1.29, 1.82) is 0 Å². The second kappa shape index (κ2) is 5.61. The van der Waals surface area contributed by atoms with Crippen molar-refractivity contribution < 1.29 is 4.79 Å². The van der Waals surface area contributed by atoms with Crippen LogP contribution in [0.2, 0.25) is 0 Å². The summed E-state index contributed by atoms with van der Waals surface area (Å²) >= 11 is 0. The van der Waals surface area contributed by atoms with Gasteiger partial charge in [0.2, 0.25) is 0 Å². The highest BCUT2D eigenvalue weighted by atomic mass is 16.1. The van der Waals surface area contributed by atoms with Gasteiger partial charge in [-0.3, -0.25) is 4.98 Å². The Balaban J connectivity index is 3.04. The van der Waals surface area contributed by atoms with Crippen LogP contribution in [-0.2, 0) is 11.3 Å². The molecule has 1 atom stereocenters. The summed E-state index contributed by atoms with van der Waals surface area (Å²) in [6.07, 6.45) is 2.74. The van der Waals surface area contributed by atoms with Crippen LogP contribution in [0.25, 0.3) is 0 Å². The first-order chi connectivity index (χ1) is 7.20. The van der Waals surface area contributed by atoms with Crippen molar-refractivity contribution >= 4 is 6.29 Å². The van der Waals surface area contributed by atoms with Crippen molar-refractivity contribution in [3.8, 4) is 0 Å². The van der Waals surface area contributed by atoms with Crippen LogP contribution in [0.15, 0.2) is 18.3 Å². The molecule has 82 valence electrons. The SMILES string of the molecule is CNCc1cccnc1C(C=O)C(C)C. The smallest absolute Gasteiger partial charge is 0.129 e. The van der Waals surface area contributed by atoms with Gasteiger partial charge in [0.1, 0.15) is 6.29 Å². The molecule has 0 aromatic carbocycles. The molecular weight excluding hydrogens is 188 g/mol. The molecule has 0 amide bonds. The average Bonchev–Trinajstić information content (AvgIpc) is 2.21. The van der Waals surface area contributed by atoms with E-state index in [0.29, 0.717) is 0 Å². The molecule has 0 aliphatic heterocycles. The fourth-order valence-electron chi connectivity index (χ4n) is 1.63. The molecule has 0 radical (unpaired) electrons. The summed E-state index contributed by atoms with van der Waals surface area (Å²) in [4.78, 5) is 15.4. The third-order valence-corrected chi connectivity index (χ3v) is 2.47. The largest absolute Gasteiger partial charge is 0.316 e. The summed E-state index contributed by atoms with van der Waals surface area (Å²) in [6.45, 7) is 4.83. The second-order valence-electron chi connectivity index (χ2n) is 3.98. The lowest BCUT2D eigenvalue weighted by molar-refractivity contribution is -0.109. The minimum Gasteiger partial charge on any atom is -0.316 e. The zero-order valence-electron chi connectivity index (χ0n) is 9.53. The number of nitrogens with one attached hydrogen (secondary N) is 1. The Hall–Kier alpha value is -1.22. The summed E-state index contributed by atoms with van der Waals surface area (Å²) in [5.41, 5.74) is 2.00. The molecular formula is C12H18N2O. The van der Waals surface area contributed by atoms with Crippen molar-refractivity contribution in [1.82, 2.24) is 10.3 Å². The molecule has 0 aliphatic carbocycles. The van der Waals surface area contributed by atoms with Crippen LogP contribution >= 0.6 is 0 Å². The Morgan fingerprint density at radius 1 is 1.53 bits per heavy atom. The Morgan fingerprint density at radius 2 is 2.27 bits per heavy atom. The summed E-state index contributed by atoms with van der Waals surface area (Å²) in [5, 5.41) is 3.09. The quantitative estimate of drug-likeness (QED) is 0.746. The van der Waals surface area contributed by atoms with Crippen LogP contribution in [0.5, 0.6) is 0 Å². The van der Waals surface area contributed by atoms with Crippen molar-refractivity contribution in [3.05, 3.63) is 29.6 Å². The third kappa shape index (κ3) is 2.86. The van der Waals surface area contributed by atoms with Gasteiger partial charge in [-0.2, -0.15) is 0 Å². The van der Waals surface area contributed by atoms with Gasteiger partial charge in [0.05, 0.1) is 11.6 Å². The molecule has 1 heterocycles. The molecule has 3 nitrogen and oxygen atoms in total. The summed E-state index contributed by atoms with van der Waals surface area (Å²) in [7, 11) is 1.89. The number of hydrogen-bond acceptors (Lipinski definition) is 3. The number of nitrogens with zero attached hydrogens (tertiary/aromatic N) is 1. The molecule has 0 saturated heterocycles. The van der Waals surface area contributed by atoms with E-state index in [2.05, 4.69) is 10.3 Å². The lowest BCUT2D eigenvalue weighted by Crippen LogP contribution is -2.16. The number of carbonyl (C=O) groups excluding carboxylic acids is 1. The molecule has 1 N–H and O–H groups in total. The van der Waals surface area contributed by atoms with Crippen molar-refractivity contribution in [3.63, 3.8) is 0 Å². The van der Waals surface area contributed by atoms with Crippen molar-refractivity contribution in [2.75, 3.05) is 7.05 Å². The molecule has 0 bridgehead atoms. The molecule has 0 saturated carbocycles. The fourth-order valence-corrected chi connectivity index (χ4v) is 1.63. The minimum absolute atomic E-state index is 0.102. The average molecular weight is 206 g/mol. The van der Waals surface area contributed by atoms with Gasteiger partial charge in [0.25, 0.3) is 0 Å². The number of carbonyl (C=O) groups is 1. The molecule has 3 heteroatoms. The van der Waals surface area contributed by atoms with Gasteiger partial charge < -0.3 is 10.1 Å². The van der Waals surface area contributed by atoms with Gasteiger partial charge in [-0.15, -0.1) is 0 Å². The molecule has 1 aromatic rings. The molecule has 0 aliphatic rings. The lowest BCUT2D eigenvalue weighted by Gasteiger charge is -2.17. The standard InChI is InChI=1S/C12H18N2O/c1-9(2)11(8-15)12-10(7-13-3)5-4-6-14-12/h4-6,8-9,11,13H,7H2,1-3H3. The highest BCUT2D eigenvalue weighted by Crippen LogP contribution is 2.23. The Labute approximate surface area is 90.9 Å². The molecule has 15 heavy (non-hydrogen) atoms. The number of aldehydes is 1. The van der Waals surface area contributed by atoms with Gasteiger partial charge in [0, 0.05) is 12.7 Å². The van der Waals surface area contributed by atoms with E-state index >= 15 is 0 Å². The van der Waals surface area contributed by atoms with Crippen LogP contribution < -0.4 is 5.32 Å². The molecule has 1 aromatic heterocycles. The van der Waals surface area contributed by atoms with Gasteiger partial charge >= 0.3 is 0 Å². The molecule has 1 unspecified atom stereocenters. The van der Waals surface area contributed by atoms with Crippen LogP contribution in [0.1, 0.15) is 31.0 Å². The molecule has 0 fully saturated rings. The Kier molecular flexibility index (Phi) is 4.43. The van der Waals surface area contributed by atoms with Crippen LogP contribution in [-0.4, -0.2) is 18.3 Å². The van der Waals surface area contributed by atoms with E-state index in [1.165, 1.54) is 0 Å². The van der Waals surface area contributed by atoms with Crippen LogP contribution in [0.4, 0.5) is 0 Å². The Bertz CT molecular complexity index is 323. The highest BCUT2D eigenvalue weighted by Gasteiger charge is 2.18. The Morgan fingerprint density at radius 3 is 2.80 bits per heavy atom. The van der Waals surface area contributed by atoms with Gasteiger partial charge in [-0.05, 0) is 24.6 Å². The maximum Gasteiger partial charge on any atom is 0.129 e. The highest BCUT2D eigenvalue weighted by molar-refractivity contribution is 5.62. The normalized spacial score (nSPS) is 12.8. The number of rotatable bonds is 5. The van der Waals surface area contributed by atoms with Gasteiger partial charge in [-0.25, -0.2) is 0 Å². The molecule has 1 rings (SSSR count). The third-order valence-electron chi connectivity index (χ3n) is 2.47. The fraction of sp³-hybridized carbons (Fsp3) is 0.500. The van der Waals surface area contributed by atoms with E-state index < -0.39 is 0 Å². The maximum atomic E-state index is 11.0. The molecule has 0 spiro atoms. The number of hydrogen-bond donors (Lipinski definition) is 1. The predicted molar refractivity (Wildman–Crippen MR) is 60.6 cm³/mol. The summed E-state index contributed by atoms with van der Waals surface area (Å²) in [6, 6.07) is 3.91. The first-order valence-electron chi connectivity index (χ1n) is 5.24. The topological polar surface area (TPSA) is 42.0 Å². The van der Waals surface area contributed by atoms with Gasteiger partial charge in [0.15, 0.2) is 0 Å². The summed E-state index contributed by atoms with van der Waals surface area (Å²) in [5.74, 6) is 0.183. The zero-order valence-corrected chi connectivity index (χ0v) is 9.53. The van der Waals surface area contributed by atoms with E-state index in [-0.39, 0.29) is 11.8 Å². The number of pyridine rings is 1. The lowest BCUT2D eigenvalue weighted by atomic mass is 9.91. The van der Waals surface area contributed by atoms with E-state index in [1.54, 1.807) is 6.20 Å². The predicted octanol–water partition coefficient (Wildman–Crippen LogP) is 1.74. The first-order valence-corrected chi connectivity index (χ1v) is 5.24. The number of aromatic nitrogens is 1. The van der Waals surface area contributed by atoms with Gasteiger partial charge in [-0.1, -0.05) is 19.9 Å². The summed E-state index contributed by atoms with van der Waals surface area (Å²) < 4.78 is 0. The van der Waals surface area contributed by atoms with Crippen molar-refractivity contribution in [2.45, 2.75) is 26.3 Å². The second-order valence-corrected chi connectivity index (χ2v) is 3.98. The maximum absolute atomic E-state index is 11.0. The van der Waals surface area contributed by atoms with Crippen LogP contribution in [0.3, 0.4) is 0 Å². The zero-order chi connectivity index (χ0) is 11.3. The van der Waals surface area contributed by atoms with E-state index in [4.69, 9.17) is 0 Å². The first kappa shape index (κ1) is 11.9. The minimum atomic E-state index is -0.102. The van der Waals surface area contributed by atoms with E-state index in [9.17, 15) is 4.79 Å². The monoisotopic (exact) mass is 206 g/mol. The van der Waals surface area contributed by atoms with Crippen molar-refractivity contribution in [2.24, 2.45) is 5.92 Å². The van der Waals surface area contributed by atoms with E-state index in [0.717, 1.165) is 24.1 Å². The van der Waals surface area contributed by atoms with Crippen LogP contribution in [0, 0.1) is 5.92 Å². The van der Waals surface area contributed by atoms with E-state index in [1.807, 2.05) is 33.0 Å².